The van der Waals surface area contributed by atoms with E-state index in [0.29, 0.717) is 32.7 Å². The molecular formula is C15H25F3N4O. The van der Waals surface area contributed by atoms with Gasteiger partial charge in [-0.15, -0.1) is 0 Å². The first kappa shape index (κ1) is 18.2. The van der Waals surface area contributed by atoms with Crippen LogP contribution in [0.4, 0.5) is 13.2 Å². The van der Waals surface area contributed by atoms with E-state index in [1.807, 2.05) is 20.8 Å². The summed E-state index contributed by atoms with van der Waals surface area (Å²) in [6, 6.07) is -0.126. The van der Waals surface area contributed by atoms with Crippen molar-refractivity contribution in [1.29, 1.82) is 0 Å². The van der Waals surface area contributed by atoms with Crippen molar-refractivity contribution in [3.63, 3.8) is 0 Å². The van der Waals surface area contributed by atoms with Crippen LogP contribution >= 0.6 is 0 Å². The van der Waals surface area contributed by atoms with Crippen LogP contribution in [-0.2, 0) is 13.1 Å². The Morgan fingerprint density at radius 2 is 1.96 bits per heavy atom. The maximum Gasteiger partial charge on any atom is 0.401 e. The molecule has 0 aromatic carbocycles. The summed E-state index contributed by atoms with van der Waals surface area (Å²) in [6.45, 7) is 7.73. The van der Waals surface area contributed by atoms with Gasteiger partial charge >= 0.3 is 6.18 Å². The molecule has 1 fully saturated rings. The molecule has 1 atom stereocenters. The fourth-order valence-corrected chi connectivity index (χ4v) is 3.18. The first-order chi connectivity index (χ1) is 10.7. The van der Waals surface area contributed by atoms with E-state index in [4.69, 9.17) is 5.11 Å². The van der Waals surface area contributed by atoms with Gasteiger partial charge in [-0.25, -0.2) is 0 Å². The summed E-state index contributed by atoms with van der Waals surface area (Å²) >= 11 is 0. The van der Waals surface area contributed by atoms with Crippen molar-refractivity contribution in [2.24, 2.45) is 0 Å². The van der Waals surface area contributed by atoms with Crippen LogP contribution in [0.25, 0.3) is 0 Å². The molecule has 1 aliphatic rings. The summed E-state index contributed by atoms with van der Waals surface area (Å²) in [7, 11) is 0. The zero-order valence-corrected chi connectivity index (χ0v) is 13.9. The monoisotopic (exact) mass is 334 g/mol. The molecule has 132 valence electrons. The Morgan fingerprint density at radius 3 is 2.52 bits per heavy atom. The van der Waals surface area contributed by atoms with E-state index in [2.05, 4.69) is 10.00 Å². The average molecular weight is 334 g/mol. The zero-order chi connectivity index (χ0) is 17.2. The van der Waals surface area contributed by atoms with Gasteiger partial charge in [0.2, 0.25) is 0 Å². The smallest absolute Gasteiger partial charge is 0.394 e. The Kier molecular flexibility index (Phi) is 5.70. The lowest BCUT2D eigenvalue weighted by atomic mass is 10.1. The molecule has 0 saturated carbocycles. The molecule has 0 aliphatic carbocycles. The molecule has 0 amide bonds. The highest BCUT2D eigenvalue weighted by atomic mass is 19.4. The first-order valence-electron chi connectivity index (χ1n) is 7.88. The molecule has 0 bridgehead atoms. The van der Waals surface area contributed by atoms with Crippen LogP contribution in [0.2, 0.25) is 0 Å². The van der Waals surface area contributed by atoms with Gasteiger partial charge in [0.25, 0.3) is 0 Å². The first-order valence-corrected chi connectivity index (χ1v) is 7.88. The van der Waals surface area contributed by atoms with E-state index < -0.39 is 12.7 Å². The number of halogens is 3. The number of hydrogen-bond acceptors (Lipinski definition) is 4. The molecule has 8 heteroatoms. The second-order valence-electron chi connectivity index (χ2n) is 6.27. The third-order valence-corrected chi connectivity index (χ3v) is 4.46. The molecule has 0 spiro atoms. The third kappa shape index (κ3) is 4.68. The van der Waals surface area contributed by atoms with E-state index in [-0.39, 0.29) is 12.6 Å². The Morgan fingerprint density at radius 1 is 1.26 bits per heavy atom. The lowest BCUT2D eigenvalue weighted by Gasteiger charge is -2.40. The molecule has 1 unspecified atom stereocenters. The Hall–Kier alpha value is -1.12. The summed E-state index contributed by atoms with van der Waals surface area (Å²) in [5.74, 6) is 0. The van der Waals surface area contributed by atoms with E-state index in [1.54, 1.807) is 4.68 Å². The minimum atomic E-state index is -4.14. The number of aromatic nitrogens is 2. The highest BCUT2D eigenvalue weighted by Crippen LogP contribution is 2.22. The topological polar surface area (TPSA) is 44.5 Å². The Bertz CT molecular complexity index is 530. The standard InChI is InChI=1S/C15H25F3N4O/c1-11-8-20(4-5-21(11)10-15(16,17)18)9-14-12(2)19-22(6-7-23)13(14)3/h11,23H,4-10H2,1-3H3. The van der Waals surface area contributed by atoms with E-state index >= 15 is 0 Å². The number of alkyl halides is 3. The zero-order valence-electron chi connectivity index (χ0n) is 13.9. The van der Waals surface area contributed by atoms with Gasteiger partial charge in [0.1, 0.15) is 0 Å². The molecule has 1 aromatic rings. The number of rotatable bonds is 5. The van der Waals surface area contributed by atoms with Gasteiger partial charge < -0.3 is 5.11 Å². The van der Waals surface area contributed by atoms with Crippen LogP contribution in [0.3, 0.4) is 0 Å². The number of aliphatic hydroxyl groups excluding tert-OH is 1. The van der Waals surface area contributed by atoms with Gasteiger partial charge in [0.05, 0.1) is 25.4 Å². The SMILES string of the molecule is Cc1nn(CCO)c(C)c1CN1CCN(CC(F)(F)F)C(C)C1. The minimum Gasteiger partial charge on any atom is -0.394 e. The molecule has 1 N–H and O–H groups in total. The van der Waals surface area contributed by atoms with Gasteiger partial charge in [-0.1, -0.05) is 0 Å². The number of nitrogens with zero attached hydrogens (tertiary/aromatic N) is 4. The van der Waals surface area contributed by atoms with Gasteiger partial charge in [0.15, 0.2) is 0 Å². The van der Waals surface area contributed by atoms with Crippen molar-refractivity contribution in [2.45, 2.75) is 46.1 Å². The summed E-state index contributed by atoms with van der Waals surface area (Å²) in [4.78, 5) is 3.67. The van der Waals surface area contributed by atoms with Crippen molar-refractivity contribution in [2.75, 3.05) is 32.8 Å². The lowest BCUT2D eigenvalue weighted by molar-refractivity contribution is -0.155. The van der Waals surface area contributed by atoms with Crippen molar-refractivity contribution >= 4 is 0 Å². The number of aryl methyl sites for hydroxylation is 1. The Labute approximate surface area is 134 Å². The van der Waals surface area contributed by atoms with E-state index in [9.17, 15) is 13.2 Å². The predicted octanol–water partition coefficient (Wildman–Crippen LogP) is 1.56. The lowest BCUT2D eigenvalue weighted by Crippen LogP contribution is -2.53. The maximum atomic E-state index is 12.6. The van der Waals surface area contributed by atoms with E-state index in [1.165, 1.54) is 4.90 Å². The molecule has 1 saturated heterocycles. The van der Waals surface area contributed by atoms with Crippen molar-refractivity contribution in [1.82, 2.24) is 19.6 Å². The summed E-state index contributed by atoms with van der Waals surface area (Å²) in [5, 5.41) is 13.5. The Balaban J connectivity index is 1.98. The second-order valence-corrected chi connectivity index (χ2v) is 6.27. The maximum absolute atomic E-state index is 12.6. The van der Waals surface area contributed by atoms with Crippen LogP contribution < -0.4 is 0 Å². The van der Waals surface area contributed by atoms with Gasteiger partial charge in [0, 0.05) is 43.5 Å². The van der Waals surface area contributed by atoms with Crippen LogP contribution in [0.1, 0.15) is 23.9 Å². The molecule has 1 aliphatic heterocycles. The normalized spacial score (nSPS) is 21.1. The molecule has 23 heavy (non-hydrogen) atoms. The molecule has 5 nitrogen and oxygen atoms in total. The van der Waals surface area contributed by atoms with E-state index in [0.717, 1.165) is 17.0 Å². The molecule has 1 aromatic heterocycles. The van der Waals surface area contributed by atoms with Crippen molar-refractivity contribution in [3.05, 3.63) is 17.0 Å². The summed E-state index contributed by atoms with van der Waals surface area (Å²) in [5.41, 5.74) is 3.04. The molecular weight excluding hydrogens is 309 g/mol. The molecule has 2 rings (SSSR count). The van der Waals surface area contributed by atoms with Crippen LogP contribution in [0.5, 0.6) is 0 Å². The van der Waals surface area contributed by atoms with Crippen molar-refractivity contribution < 1.29 is 18.3 Å². The quantitative estimate of drug-likeness (QED) is 0.888. The van der Waals surface area contributed by atoms with Crippen LogP contribution in [0.15, 0.2) is 0 Å². The predicted molar refractivity (Wildman–Crippen MR) is 81.2 cm³/mol. The number of piperazine rings is 1. The largest absolute Gasteiger partial charge is 0.401 e. The summed E-state index contributed by atoms with van der Waals surface area (Å²) < 4.78 is 39.4. The van der Waals surface area contributed by atoms with Crippen molar-refractivity contribution in [3.8, 4) is 0 Å². The highest BCUT2D eigenvalue weighted by Gasteiger charge is 2.35. The summed E-state index contributed by atoms with van der Waals surface area (Å²) in [6.07, 6.45) is -4.14. The van der Waals surface area contributed by atoms with Gasteiger partial charge in [-0.3, -0.25) is 14.5 Å². The number of hydrogen-bond donors (Lipinski definition) is 1. The fraction of sp³-hybridized carbons (Fsp3) is 0.800. The van der Waals surface area contributed by atoms with Crippen LogP contribution in [-0.4, -0.2) is 69.7 Å². The van der Waals surface area contributed by atoms with Crippen LogP contribution in [0, 0.1) is 13.8 Å². The second kappa shape index (κ2) is 7.19. The molecule has 2 heterocycles. The third-order valence-electron chi connectivity index (χ3n) is 4.46. The minimum absolute atomic E-state index is 0.0363. The van der Waals surface area contributed by atoms with Gasteiger partial charge in [-0.05, 0) is 20.8 Å². The average Bonchev–Trinajstić information content (AvgIpc) is 2.69. The number of aliphatic hydroxyl groups is 1. The highest BCUT2D eigenvalue weighted by molar-refractivity contribution is 5.24. The fourth-order valence-electron chi connectivity index (χ4n) is 3.18. The van der Waals surface area contributed by atoms with Gasteiger partial charge in [-0.2, -0.15) is 18.3 Å². The molecule has 0 radical (unpaired) electrons.